The van der Waals surface area contributed by atoms with Crippen LogP contribution in [0.25, 0.3) is 10.8 Å². The molecule has 2 heterocycles. The summed E-state index contributed by atoms with van der Waals surface area (Å²) in [5, 5.41) is 8.38. The number of amides is 1. The number of carbonyl (C=O) groups is 1. The molecule has 6 heteroatoms. The normalized spacial score (nSPS) is 12.3. The molecule has 0 radical (unpaired) electrons. The van der Waals surface area contributed by atoms with Crippen LogP contribution in [0.15, 0.2) is 41.3 Å². The Morgan fingerprint density at radius 2 is 2.08 bits per heavy atom. The molecule has 5 nitrogen and oxygen atoms in total. The van der Waals surface area contributed by atoms with Gasteiger partial charge in [0.05, 0.1) is 17.6 Å². The summed E-state index contributed by atoms with van der Waals surface area (Å²) >= 11 is 1.71. The zero-order chi connectivity index (χ0) is 17.3. The van der Waals surface area contributed by atoms with Crippen molar-refractivity contribution in [2.75, 3.05) is 0 Å². The van der Waals surface area contributed by atoms with Gasteiger partial charge in [0, 0.05) is 15.1 Å². The van der Waals surface area contributed by atoms with Gasteiger partial charge in [-0.3, -0.25) is 9.59 Å². The maximum Gasteiger partial charge on any atom is 0.275 e. The minimum Gasteiger partial charge on any atom is -0.348 e. The molecule has 1 N–H and O–H groups in total. The molecule has 0 aliphatic rings. The van der Waals surface area contributed by atoms with Gasteiger partial charge in [-0.1, -0.05) is 18.2 Å². The summed E-state index contributed by atoms with van der Waals surface area (Å²) in [5.74, 6) is -0.226. The Balaban J connectivity index is 1.77. The van der Waals surface area contributed by atoms with E-state index in [0.29, 0.717) is 5.39 Å². The average Bonchev–Trinajstić information content (AvgIpc) is 2.89. The number of thiophene rings is 1. The van der Waals surface area contributed by atoms with Gasteiger partial charge in [0.15, 0.2) is 0 Å². The van der Waals surface area contributed by atoms with Gasteiger partial charge in [0.25, 0.3) is 5.56 Å². The third-order valence-corrected chi connectivity index (χ3v) is 4.96. The largest absolute Gasteiger partial charge is 0.348 e. The molecule has 3 aromatic rings. The van der Waals surface area contributed by atoms with E-state index in [1.165, 1.54) is 14.4 Å². The average molecular weight is 341 g/mol. The van der Waals surface area contributed by atoms with E-state index in [-0.39, 0.29) is 24.1 Å². The molecule has 2 aromatic heterocycles. The second-order valence-electron chi connectivity index (χ2n) is 5.85. The number of nitrogens with zero attached hydrogens (tertiary/aromatic N) is 2. The zero-order valence-electron chi connectivity index (χ0n) is 13.9. The summed E-state index contributed by atoms with van der Waals surface area (Å²) in [6.45, 7) is 5.96. The fraction of sp³-hybridized carbons (Fsp3) is 0.278. The fourth-order valence-electron chi connectivity index (χ4n) is 2.82. The van der Waals surface area contributed by atoms with E-state index in [2.05, 4.69) is 16.5 Å². The number of nitrogens with one attached hydrogen (secondary N) is 1. The highest BCUT2D eigenvalue weighted by atomic mass is 32.1. The van der Waals surface area contributed by atoms with Crippen molar-refractivity contribution in [2.45, 2.75) is 33.4 Å². The highest BCUT2D eigenvalue weighted by molar-refractivity contribution is 7.12. The smallest absolute Gasteiger partial charge is 0.275 e. The number of aromatic nitrogens is 2. The van der Waals surface area contributed by atoms with Crippen LogP contribution in [0.3, 0.4) is 0 Å². The first kappa shape index (κ1) is 16.4. The summed E-state index contributed by atoms with van der Waals surface area (Å²) in [5.41, 5.74) is 0.864. The minimum absolute atomic E-state index is 0.0871. The van der Waals surface area contributed by atoms with Gasteiger partial charge in [-0.05, 0) is 38.5 Å². The predicted molar refractivity (Wildman–Crippen MR) is 96.4 cm³/mol. The predicted octanol–water partition coefficient (Wildman–Crippen LogP) is 2.95. The number of carbonyl (C=O) groups excluding carboxylic acids is 1. The highest BCUT2D eigenvalue weighted by Crippen LogP contribution is 2.26. The lowest BCUT2D eigenvalue weighted by atomic mass is 10.1. The molecule has 0 saturated carbocycles. The van der Waals surface area contributed by atoms with E-state index in [4.69, 9.17) is 0 Å². The summed E-state index contributed by atoms with van der Waals surface area (Å²) in [7, 11) is 0. The van der Waals surface area contributed by atoms with Crippen LogP contribution in [0, 0.1) is 13.8 Å². The van der Waals surface area contributed by atoms with Crippen LogP contribution in [0.2, 0.25) is 0 Å². The lowest BCUT2D eigenvalue weighted by Crippen LogP contribution is -2.35. The van der Waals surface area contributed by atoms with E-state index in [9.17, 15) is 9.59 Å². The monoisotopic (exact) mass is 341 g/mol. The molecule has 3 rings (SSSR count). The first-order chi connectivity index (χ1) is 11.5. The van der Waals surface area contributed by atoms with Crippen molar-refractivity contribution >= 4 is 28.0 Å². The summed E-state index contributed by atoms with van der Waals surface area (Å²) < 4.78 is 1.20. The molecule has 0 spiro atoms. The fourth-order valence-corrected chi connectivity index (χ4v) is 3.84. The van der Waals surface area contributed by atoms with Crippen molar-refractivity contribution in [3.63, 3.8) is 0 Å². The number of fused-ring (bicyclic) bond motifs is 1. The van der Waals surface area contributed by atoms with Gasteiger partial charge in [-0.15, -0.1) is 11.3 Å². The van der Waals surface area contributed by atoms with Crippen LogP contribution in [-0.4, -0.2) is 15.7 Å². The van der Waals surface area contributed by atoms with Crippen LogP contribution in [0.5, 0.6) is 0 Å². The number of rotatable bonds is 4. The third kappa shape index (κ3) is 3.23. The summed E-state index contributed by atoms with van der Waals surface area (Å²) in [6.07, 6.45) is 1.61. The SMILES string of the molecule is Cc1cc(C(C)NC(=O)Cn2ncc3ccccc3c2=O)c(C)s1. The first-order valence-corrected chi connectivity index (χ1v) is 8.58. The summed E-state index contributed by atoms with van der Waals surface area (Å²) in [6, 6.07) is 9.22. The number of hydrogen-bond acceptors (Lipinski definition) is 4. The van der Waals surface area contributed by atoms with Crippen molar-refractivity contribution < 1.29 is 4.79 Å². The van der Waals surface area contributed by atoms with Crippen molar-refractivity contribution in [3.05, 3.63) is 62.2 Å². The number of benzene rings is 1. The van der Waals surface area contributed by atoms with Gasteiger partial charge in [0.1, 0.15) is 6.54 Å². The molecule has 24 heavy (non-hydrogen) atoms. The molecule has 1 aromatic carbocycles. The molecule has 0 aliphatic heterocycles. The van der Waals surface area contributed by atoms with Crippen LogP contribution in [-0.2, 0) is 11.3 Å². The second kappa shape index (κ2) is 6.57. The maximum atomic E-state index is 12.4. The van der Waals surface area contributed by atoms with E-state index in [1.807, 2.05) is 32.9 Å². The number of aryl methyl sites for hydroxylation is 2. The molecule has 0 fully saturated rings. The Kier molecular flexibility index (Phi) is 4.49. The molecule has 0 bridgehead atoms. The van der Waals surface area contributed by atoms with E-state index >= 15 is 0 Å². The van der Waals surface area contributed by atoms with E-state index in [0.717, 1.165) is 10.9 Å². The van der Waals surface area contributed by atoms with Crippen molar-refractivity contribution in [2.24, 2.45) is 0 Å². The molecule has 0 saturated heterocycles. The van der Waals surface area contributed by atoms with Crippen LogP contribution >= 0.6 is 11.3 Å². The van der Waals surface area contributed by atoms with Crippen molar-refractivity contribution in [1.29, 1.82) is 0 Å². The first-order valence-electron chi connectivity index (χ1n) is 7.77. The van der Waals surface area contributed by atoms with E-state index < -0.39 is 0 Å². The van der Waals surface area contributed by atoms with Gasteiger partial charge in [-0.25, -0.2) is 4.68 Å². The number of hydrogen-bond donors (Lipinski definition) is 1. The van der Waals surface area contributed by atoms with Crippen molar-refractivity contribution in [1.82, 2.24) is 15.1 Å². The third-order valence-electron chi connectivity index (χ3n) is 3.98. The molecular formula is C18H19N3O2S. The zero-order valence-corrected chi connectivity index (χ0v) is 14.7. The topological polar surface area (TPSA) is 64.0 Å². The van der Waals surface area contributed by atoms with Gasteiger partial charge < -0.3 is 5.32 Å². The Hall–Kier alpha value is -2.47. The van der Waals surface area contributed by atoms with Gasteiger partial charge >= 0.3 is 0 Å². The molecule has 1 atom stereocenters. The quantitative estimate of drug-likeness (QED) is 0.793. The maximum absolute atomic E-state index is 12.4. The molecular weight excluding hydrogens is 322 g/mol. The van der Waals surface area contributed by atoms with Crippen LogP contribution < -0.4 is 10.9 Å². The molecule has 1 amide bonds. The van der Waals surface area contributed by atoms with Crippen molar-refractivity contribution in [3.8, 4) is 0 Å². The Morgan fingerprint density at radius 1 is 1.33 bits per heavy atom. The Morgan fingerprint density at radius 3 is 2.79 bits per heavy atom. The second-order valence-corrected chi connectivity index (χ2v) is 7.31. The van der Waals surface area contributed by atoms with Crippen LogP contribution in [0.4, 0.5) is 0 Å². The lowest BCUT2D eigenvalue weighted by Gasteiger charge is -2.14. The molecule has 124 valence electrons. The standard InChI is InChI=1S/C18H19N3O2S/c1-11-8-16(13(3)24-11)12(2)20-17(22)10-21-18(23)15-7-5-4-6-14(15)9-19-21/h4-9,12H,10H2,1-3H3,(H,20,22). The van der Waals surface area contributed by atoms with Gasteiger partial charge in [0.2, 0.25) is 5.91 Å². The molecule has 0 aliphatic carbocycles. The summed E-state index contributed by atoms with van der Waals surface area (Å²) in [4.78, 5) is 27.1. The van der Waals surface area contributed by atoms with Gasteiger partial charge in [-0.2, -0.15) is 5.10 Å². The lowest BCUT2D eigenvalue weighted by molar-refractivity contribution is -0.122. The minimum atomic E-state index is -0.251. The van der Waals surface area contributed by atoms with E-state index in [1.54, 1.807) is 29.7 Å². The molecule has 1 unspecified atom stereocenters. The van der Waals surface area contributed by atoms with Crippen LogP contribution in [0.1, 0.15) is 28.3 Å². The highest BCUT2D eigenvalue weighted by Gasteiger charge is 2.15. The Bertz CT molecular complexity index is 958. The Labute approximate surface area is 143 Å².